The third-order valence-corrected chi connectivity index (χ3v) is 8.79. The number of amides is 2. The summed E-state index contributed by atoms with van der Waals surface area (Å²) in [6.45, 7) is 1.94. The van der Waals surface area contributed by atoms with Crippen molar-refractivity contribution in [3.8, 4) is 6.07 Å². The topological polar surface area (TPSA) is 128 Å². The fourth-order valence-corrected chi connectivity index (χ4v) is 7.00. The first kappa shape index (κ1) is 22.9. The molecule has 4 aromatic rings. The largest absolute Gasteiger partial charge is 0.390 e. The molecule has 1 aromatic heterocycles. The van der Waals surface area contributed by atoms with Gasteiger partial charge in [0.2, 0.25) is 11.8 Å². The SMILES string of the molecule is CC12OC(CCn3[nH]c4ccccc4c3=O)(CC1O)C1C(=O)N(c3ccc(C#N)c4ccccc34)C(=O)C12. The summed E-state index contributed by atoms with van der Waals surface area (Å²) in [6.07, 6.45) is -0.465. The Bertz CT molecular complexity index is 1780. The molecule has 2 N–H and O–H groups in total. The summed E-state index contributed by atoms with van der Waals surface area (Å²) >= 11 is 0. The molecule has 4 heterocycles. The molecule has 3 aliphatic rings. The van der Waals surface area contributed by atoms with Gasteiger partial charge < -0.3 is 9.84 Å². The first-order valence-electron chi connectivity index (χ1n) is 12.6. The van der Waals surface area contributed by atoms with Gasteiger partial charge in [0.1, 0.15) is 5.60 Å². The van der Waals surface area contributed by atoms with Crippen molar-refractivity contribution >= 4 is 39.2 Å². The maximum atomic E-state index is 14.1. The second kappa shape index (κ2) is 7.63. The summed E-state index contributed by atoms with van der Waals surface area (Å²) in [5, 5.41) is 25.6. The number of rotatable bonds is 4. The van der Waals surface area contributed by atoms with E-state index in [-0.39, 0.29) is 30.9 Å². The highest BCUT2D eigenvalue weighted by Gasteiger charge is 2.77. The number of aliphatic hydroxyl groups is 1. The van der Waals surface area contributed by atoms with Crippen molar-refractivity contribution in [1.29, 1.82) is 5.26 Å². The molecule has 38 heavy (non-hydrogen) atoms. The van der Waals surface area contributed by atoms with Crippen LogP contribution in [-0.2, 0) is 20.9 Å². The van der Waals surface area contributed by atoms with E-state index in [1.807, 2.05) is 18.2 Å². The Kier molecular flexibility index (Phi) is 4.60. The average Bonchev–Trinajstić information content (AvgIpc) is 3.57. The summed E-state index contributed by atoms with van der Waals surface area (Å²) in [5.41, 5.74) is -0.910. The number of aromatic nitrogens is 2. The molecule has 0 saturated carbocycles. The standard InChI is InChI=1S/C29H24N4O5/c1-28-22(34)14-29(38-28,12-13-32-25(35)19-8-4-5-9-20(19)31-32)24-23(28)26(36)33(27(24)37)21-11-10-16(15-30)17-6-2-3-7-18(17)21/h2-11,22-24,31,34H,12-14H2,1H3. The predicted octanol–water partition coefficient (Wildman–Crippen LogP) is 2.84. The molecule has 7 rings (SSSR count). The number of imide groups is 1. The molecule has 9 heteroatoms. The number of H-pyrrole nitrogens is 1. The van der Waals surface area contributed by atoms with Crippen molar-refractivity contribution in [3.63, 3.8) is 0 Å². The van der Waals surface area contributed by atoms with Crippen LogP contribution >= 0.6 is 0 Å². The lowest BCUT2D eigenvalue weighted by Crippen LogP contribution is -2.49. The van der Waals surface area contributed by atoms with Crippen molar-refractivity contribution in [2.24, 2.45) is 11.8 Å². The minimum atomic E-state index is -1.22. The second-order valence-corrected chi connectivity index (χ2v) is 10.7. The third kappa shape index (κ3) is 2.79. The monoisotopic (exact) mass is 508 g/mol. The van der Waals surface area contributed by atoms with Crippen molar-refractivity contribution in [2.75, 3.05) is 4.90 Å². The van der Waals surface area contributed by atoms with E-state index in [4.69, 9.17) is 4.74 Å². The summed E-state index contributed by atoms with van der Waals surface area (Å²) in [4.78, 5) is 42.1. The van der Waals surface area contributed by atoms with E-state index in [2.05, 4.69) is 11.2 Å². The van der Waals surface area contributed by atoms with E-state index in [1.54, 1.807) is 49.4 Å². The van der Waals surface area contributed by atoms with Crippen LogP contribution in [-0.4, -0.2) is 44.0 Å². The summed E-state index contributed by atoms with van der Waals surface area (Å²) in [5.74, 6) is -2.44. The lowest BCUT2D eigenvalue weighted by atomic mass is 9.66. The van der Waals surface area contributed by atoms with E-state index in [9.17, 15) is 24.8 Å². The minimum absolute atomic E-state index is 0.174. The molecule has 3 aromatic carbocycles. The van der Waals surface area contributed by atoms with Crippen LogP contribution in [0.25, 0.3) is 21.7 Å². The second-order valence-electron chi connectivity index (χ2n) is 10.7. The average molecular weight is 509 g/mol. The van der Waals surface area contributed by atoms with Gasteiger partial charge in [-0.3, -0.25) is 24.2 Å². The molecule has 0 aliphatic carbocycles. The number of carbonyl (C=O) groups excluding carboxylic acids is 2. The van der Waals surface area contributed by atoms with E-state index in [0.717, 1.165) is 0 Å². The fraction of sp³-hybridized carbons (Fsp3) is 0.310. The number of hydrogen-bond acceptors (Lipinski definition) is 6. The van der Waals surface area contributed by atoms with Crippen molar-refractivity contribution in [2.45, 2.75) is 43.6 Å². The van der Waals surface area contributed by atoms with Gasteiger partial charge in [-0.1, -0.05) is 36.4 Å². The molecule has 0 radical (unpaired) electrons. The summed E-state index contributed by atoms with van der Waals surface area (Å²) < 4.78 is 7.91. The van der Waals surface area contributed by atoms with E-state index in [0.29, 0.717) is 32.9 Å². The minimum Gasteiger partial charge on any atom is -0.390 e. The third-order valence-electron chi connectivity index (χ3n) is 8.79. The lowest BCUT2D eigenvalue weighted by molar-refractivity contribution is -0.133. The smallest absolute Gasteiger partial charge is 0.274 e. The number of aromatic amines is 1. The molecule has 0 spiro atoms. The number of fused-ring (bicyclic) bond motifs is 7. The van der Waals surface area contributed by atoms with Gasteiger partial charge in [-0.2, -0.15) is 5.26 Å². The highest BCUT2D eigenvalue weighted by Crippen LogP contribution is 2.62. The van der Waals surface area contributed by atoms with E-state index < -0.39 is 35.0 Å². The molecule has 5 unspecified atom stereocenters. The predicted molar refractivity (Wildman–Crippen MR) is 138 cm³/mol. The number of aliphatic hydroxyl groups excluding tert-OH is 1. The molecule has 2 amide bonds. The number of para-hydroxylation sites is 1. The first-order chi connectivity index (χ1) is 18.3. The van der Waals surface area contributed by atoms with Crippen LogP contribution in [0.2, 0.25) is 0 Å². The number of aryl methyl sites for hydroxylation is 1. The number of nitriles is 1. The number of carbonyl (C=O) groups is 2. The Balaban J connectivity index is 1.29. The zero-order valence-corrected chi connectivity index (χ0v) is 20.5. The normalized spacial score (nSPS) is 29.9. The summed E-state index contributed by atoms with van der Waals surface area (Å²) in [6, 6.07) is 19.8. The molecule has 3 saturated heterocycles. The zero-order valence-electron chi connectivity index (χ0n) is 20.5. The van der Waals surface area contributed by atoms with Crippen LogP contribution in [0, 0.1) is 23.2 Å². The summed E-state index contributed by atoms with van der Waals surface area (Å²) in [7, 11) is 0. The van der Waals surface area contributed by atoms with Crippen LogP contribution in [0.15, 0.2) is 65.5 Å². The van der Waals surface area contributed by atoms with Crippen LogP contribution in [0.5, 0.6) is 0 Å². The van der Waals surface area contributed by atoms with Gasteiger partial charge in [0.25, 0.3) is 5.56 Å². The molecule has 5 atom stereocenters. The Morgan fingerprint density at radius 1 is 1.00 bits per heavy atom. The van der Waals surface area contributed by atoms with Crippen molar-refractivity contribution in [1.82, 2.24) is 9.78 Å². The molecule has 3 aliphatic heterocycles. The van der Waals surface area contributed by atoms with Gasteiger partial charge in [0.15, 0.2) is 0 Å². The van der Waals surface area contributed by atoms with Gasteiger partial charge in [0, 0.05) is 23.7 Å². The molecule has 9 nitrogen and oxygen atoms in total. The number of ether oxygens (including phenoxy) is 1. The number of anilines is 1. The van der Waals surface area contributed by atoms with Crippen molar-refractivity contribution < 1.29 is 19.4 Å². The molecule has 2 bridgehead atoms. The van der Waals surface area contributed by atoms with Gasteiger partial charge >= 0.3 is 0 Å². The van der Waals surface area contributed by atoms with Gasteiger partial charge in [0.05, 0.1) is 51.8 Å². The lowest BCUT2D eigenvalue weighted by Gasteiger charge is -2.33. The Labute approximate surface area is 216 Å². The Morgan fingerprint density at radius 3 is 2.42 bits per heavy atom. The molecular weight excluding hydrogens is 484 g/mol. The maximum Gasteiger partial charge on any atom is 0.274 e. The van der Waals surface area contributed by atoms with Gasteiger partial charge in [-0.15, -0.1) is 0 Å². The van der Waals surface area contributed by atoms with Crippen LogP contribution in [0.4, 0.5) is 5.69 Å². The Morgan fingerprint density at radius 2 is 1.68 bits per heavy atom. The highest BCUT2D eigenvalue weighted by atomic mass is 16.6. The van der Waals surface area contributed by atoms with Crippen LogP contribution in [0.3, 0.4) is 0 Å². The number of nitrogens with zero attached hydrogens (tertiary/aromatic N) is 3. The van der Waals surface area contributed by atoms with E-state index in [1.165, 1.54) is 9.58 Å². The van der Waals surface area contributed by atoms with Crippen LogP contribution < -0.4 is 10.5 Å². The maximum absolute atomic E-state index is 14.1. The number of benzene rings is 3. The highest BCUT2D eigenvalue weighted by molar-refractivity contribution is 6.26. The molecule has 190 valence electrons. The van der Waals surface area contributed by atoms with Gasteiger partial charge in [-0.05, 0) is 37.6 Å². The number of nitrogens with one attached hydrogen (secondary N) is 1. The number of hydrogen-bond donors (Lipinski definition) is 2. The Hall–Kier alpha value is -4.26. The van der Waals surface area contributed by atoms with Gasteiger partial charge in [-0.25, -0.2) is 4.90 Å². The van der Waals surface area contributed by atoms with Crippen LogP contribution in [0.1, 0.15) is 25.3 Å². The molecule has 3 fully saturated rings. The quantitative estimate of drug-likeness (QED) is 0.408. The molecular formula is C29H24N4O5. The fourth-order valence-electron chi connectivity index (χ4n) is 7.00. The zero-order chi connectivity index (χ0) is 26.4. The van der Waals surface area contributed by atoms with Crippen molar-refractivity contribution in [3.05, 3.63) is 76.6 Å². The first-order valence-corrected chi connectivity index (χ1v) is 12.6. The van der Waals surface area contributed by atoms with E-state index >= 15 is 0 Å².